The van der Waals surface area contributed by atoms with Crippen LogP contribution in [0.2, 0.25) is 0 Å². The molecular formula is C24H32IN7O. The third-order valence-electron chi connectivity index (χ3n) is 5.52. The van der Waals surface area contributed by atoms with Gasteiger partial charge < -0.3 is 20.3 Å². The van der Waals surface area contributed by atoms with Crippen LogP contribution >= 0.6 is 24.0 Å². The van der Waals surface area contributed by atoms with Crippen LogP contribution in [-0.4, -0.2) is 54.1 Å². The van der Waals surface area contributed by atoms with Crippen molar-refractivity contribution < 1.29 is 4.74 Å². The third-order valence-corrected chi connectivity index (χ3v) is 5.52. The average Bonchev–Trinajstić information content (AvgIpc) is 3.17. The van der Waals surface area contributed by atoms with Crippen LogP contribution in [0, 0.1) is 13.8 Å². The number of hydrogen-bond acceptors (Lipinski definition) is 5. The largest absolute Gasteiger partial charge is 0.378 e. The number of morpholine rings is 1. The molecule has 0 radical (unpaired) electrons. The molecule has 33 heavy (non-hydrogen) atoms. The lowest BCUT2D eigenvalue weighted by Crippen LogP contribution is -2.39. The number of aromatic nitrogens is 3. The molecule has 0 bridgehead atoms. The number of rotatable bonds is 6. The van der Waals surface area contributed by atoms with Crippen molar-refractivity contribution in [3.05, 3.63) is 71.2 Å². The van der Waals surface area contributed by atoms with Crippen LogP contribution in [0.25, 0.3) is 5.69 Å². The Morgan fingerprint density at radius 3 is 2.42 bits per heavy atom. The number of guanidine groups is 1. The van der Waals surface area contributed by atoms with Crippen LogP contribution in [0.1, 0.15) is 22.5 Å². The highest BCUT2D eigenvalue weighted by Gasteiger charge is 2.16. The molecule has 4 rings (SSSR count). The molecule has 3 aromatic rings. The lowest BCUT2D eigenvalue weighted by atomic mass is 10.1. The number of hydrogen-bond donors (Lipinski definition) is 2. The normalized spacial score (nSPS) is 14.0. The zero-order valence-electron chi connectivity index (χ0n) is 19.4. The maximum absolute atomic E-state index is 5.48. The summed E-state index contributed by atoms with van der Waals surface area (Å²) in [5.41, 5.74) is 5.49. The van der Waals surface area contributed by atoms with Crippen molar-refractivity contribution in [1.29, 1.82) is 0 Å². The maximum Gasteiger partial charge on any atom is 0.191 e. The summed E-state index contributed by atoms with van der Waals surface area (Å²) in [4.78, 5) is 11.3. The first kappa shape index (κ1) is 25.0. The Morgan fingerprint density at radius 1 is 1.03 bits per heavy atom. The number of benzene rings is 1. The number of ether oxygens (including phenoxy) is 1. The fourth-order valence-electron chi connectivity index (χ4n) is 3.95. The van der Waals surface area contributed by atoms with Crippen molar-refractivity contribution in [2.75, 3.05) is 38.3 Å². The number of para-hydroxylation sites is 1. The van der Waals surface area contributed by atoms with Gasteiger partial charge in [-0.15, -0.1) is 24.0 Å². The predicted octanol–water partition coefficient (Wildman–Crippen LogP) is 3.20. The average molecular weight is 561 g/mol. The van der Waals surface area contributed by atoms with Crippen molar-refractivity contribution in [2.45, 2.75) is 26.9 Å². The van der Waals surface area contributed by atoms with E-state index in [2.05, 4.69) is 61.8 Å². The monoisotopic (exact) mass is 561 g/mol. The third kappa shape index (κ3) is 6.23. The highest BCUT2D eigenvalue weighted by atomic mass is 127. The SMILES string of the molecule is CN=C(NCc1ccccc1-n1nc(C)cc1C)NCc1cccnc1N1CCOCC1.I. The Kier molecular flexibility index (Phi) is 9.07. The molecule has 1 aliphatic heterocycles. The van der Waals surface area contributed by atoms with Gasteiger partial charge in [-0.1, -0.05) is 24.3 Å². The topological polar surface area (TPSA) is 79.6 Å². The van der Waals surface area contributed by atoms with Crippen LogP contribution in [-0.2, 0) is 17.8 Å². The minimum Gasteiger partial charge on any atom is -0.378 e. The Labute approximate surface area is 212 Å². The number of halogens is 1. The van der Waals surface area contributed by atoms with Crippen molar-refractivity contribution in [2.24, 2.45) is 4.99 Å². The fraction of sp³-hybridized carbons (Fsp3) is 0.375. The van der Waals surface area contributed by atoms with E-state index in [0.29, 0.717) is 13.1 Å². The van der Waals surface area contributed by atoms with Crippen LogP contribution in [0.4, 0.5) is 5.82 Å². The van der Waals surface area contributed by atoms with Gasteiger partial charge in [-0.2, -0.15) is 5.10 Å². The first-order chi connectivity index (χ1) is 15.7. The Bertz CT molecular complexity index is 1080. The number of anilines is 1. The second kappa shape index (κ2) is 12.0. The Balaban J connectivity index is 0.00000306. The fourth-order valence-corrected chi connectivity index (χ4v) is 3.95. The highest BCUT2D eigenvalue weighted by Crippen LogP contribution is 2.19. The summed E-state index contributed by atoms with van der Waals surface area (Å²) < 4.78 is 7.47. The number of nitrogens with zero attached hydrogens (tertiary/aromatic N) is 5. The second-order valence-corrected chi connectivity index (χ2v) is 7.83. The summed E-state index contributed by atoms with van der Waals surface area (Å²) in [6.07, 6.45) is 1.84. The van der Waals surface area contributed by atoms with Crippen molar-refractivity contribution >= 4 is 35.8 Å². The summed E-state index contributed by atoms with van der Waals surface area (Å²) >= 11 is 0. The van der Waals surface area contributed by atoms with Gasteiger partial charge in [0.25, 0.3) is 0 Å². The molecule has 176 valence electrons. The van der Waals surface area contributed by atoms with Gasteiger partial charge in [0.15, 0.2) is 5.96 Å². The molecule has 2 N–H and O–H groups in total. The lowest BCUT2D eigenvalue weighted by molar-refractivity contribution is 0.122. The highest BCUT2D eigenvalue weighted by molar-refractivity contribution is 14.0. The minimum atomic E-state index is 0. The number of nitrogens with one attached hydrogen (secondary N) is 2. The molecule has 1 saturated heterocycles. The zero-order chi connectivity index (χ0) is 22.3. The molecule has 0 saturated carbocycles. The van der Waals surface area contributed by atoms with Crippen LogP contribution in [0.3, 0.4) is 0 Å². The van der Waals surface area contributed by atoms with E-state index in [-0.39, 0.29) is 24.0 Å². The van der Waals surface area contributed by atoms with E-state index in [1.807, 2.05) is 36.0 Å². The Hall–Kier alpha value is -2.66. The summed E-state index contributed by atoms with van der Waals surface area (Å²) in [5.74, 6) is 1.75. The first-order valence-corrected chi connectivity index (χ1v) is 11.0. The molecule has 3 heterocycles. The summed E-state index contributed by atoms with van der Waals surface area (Å²) in [6, 6.07) is 14.5. The van der Waals surface area contributed by atoms with E-state index < -0.39 is 0 Å². The minimum absolute atomic E-state index is 0. The molecule has 0 atom stereocenters. The summed E-state index contributed by atoms with van der Waals surface area (Å²) in [7, 11) is 1.79. The van der Waals surface area contributed by atoms with E-state index in [4.69, 9.17) is 4.74 Å². The van der Waals surface area contributed by atoms with Crippen LogP contribution in [0.5, 0.6) is 0 Å². The van der Waals surface area contributed by atoms with E-state index in [9.17, 15) is 0 Å². The van der Waals surface area contributed by atoms with Crippen molar-refractivity contribution in [3.8, 4) is 5.69 Å². The van der Waals surface area contributed by atoms with Gasteiger partial charge in [0.2, 0.25) is 0 Å². The summed E-state index contributed by atoms with van der Waals surface area (Å²) in [5, 5.41) is 11.5. The second-order valence-electron chi connectivity index (χ2n) is 7.83. The van der Waals surface area contributed by atoms with Gasteiger partial charge in [-0.05, 0) is 37.6 Å². The number of aliphatic imine (C=N–C) groups is 1. The van der Waals surface area contributed by atoms with Crippen LogP contribution < -0.4 is 15.5 Å². The molecule has 0 spiro atoms. The van der Waals surface area contributed by atoms with Gasteiger partial charge in [0, 0.05) is 50.7 Å². The van der Waals surface area contributed by atoms with Gasteiger partial charge in [-0.25, -0.2) is 9.67 Å². The molecule has 0 aliphatic carbocycles. The van der Waals surface area contributed by atoms with Gasteiger partial charge in [0.1, 0.15) is 5.82 Å². The number of aryl methyl sites for hydroxylation is 2. The molecule has 1 aliphatic rings. The number of pyridine rings is 1. The van der Waals surface area contributed by atoms with E-state index in [0.717, 1.165) is 66.3 Å². The first-order valence-electron chi connectivity index (χ1n) is 11.0. The Morgan fingerprint density at radius 2 is 1.73 bits per heavy atom. The molecule has 9 heteroatoms. The predicted molar refractivity (Wildman–Crippen MR) is 143 cm³/mol. The molecule has 0 amide bonds. The van der Waals surface area contributed by atoms with Crippen molar-refractivity contribution in [3.63, 3.8) is 0 Å². The molecule has 2 aromatic heterocycles. The molecule has 1 fully saturated rings. The van der Waals surface area contributed by atoms with Crippen LogP contribution in [0.15, 0.2) is 53.7 Å². The van der Waals surface area contributed by atoms with E-state index >= 15 is 0 Å². The molecular weight excluding hydrogens is 529 g/mol. The molecule has 8 nitrogen and oxygen atoms in total. The lowest BCUT2D eigenvalue weighted by Gasteiger charge is -2.29. The zero-order valence-corrected chi connectivity index (χ0v) is 21.7. The molecule has 0 unspecified atom stereocenters. The maximum atomic E-state index is 5.48. The quantitative estimate of drug-likeness (QED) is 0.274. The smallest absolute Gasteiger partial charge is 0.191 e. The molecule has 1 aromatic carbocycles. The van der Waals surface area contributed by atoms with E-state index in [1.54, 1.807) is 7.05 Å². The standard InChI is InChI=1S/C24H31N7O.HI/c1-18-15-19(2)31(29-18)22-9-5-4-7-20(22)16-27-24(25-3)28-17-21-8-6-10-26-23(21)30-11-13-32-14-12-30;/h4-10,15H,11-14,16-17H2,1-3H3,(H2,25,27,28);1H. The van der Waals surface area contributed by atoms with E-state index in [1.165, 1.54) is 0 Å². The summed E-state index contributed by atoms with van der Waals surface area (Å²) in [6.45, 7) is 8.56. The van der Waals surface area contributed by atoms with Gasteiger partial charge in [0.05, 0.1) is 24.6 Å². The van der Waals surface area contributed by atoms with Gasteiger partial charge in [-0.3, -0.25) is 4.99 Å². The van der Waals surface area contributed by atoms with Gasteiger partial charge >= 0.3 is 0 Å². The van der Waals surface area contributed by atoms with Crippen molar-refractivity contribution in [1.82, 2.24) is 25.4 Å².